The Morgan fingerprint density at radius 3 is 2.75 bits per heavy atom. The van der Waals surface area contributed by atoms with Crippen molar-refractivity contribution in [1.82, 2.24) is 14.8 Å². The zero-order valence-corrected chi connectivity index (χ0v) is 15.9. The Morgan fingerprint density at radius 2 is 1.96 bits per heavy atom. The van der Waals surface area contributed by atoms with E-state index in [1.54, 1.807) is 6.08 Å². The van der Waals surface area contributed by atoms with Crippen LogP contribution < -0.4 is 5.32 Å². The fourth-order valence-electron chi connectivity index (χ4n) is 3.93. The molecule has 2 heterocycles. The van der Waals surface area contributed by atoms with Crippen LogP contribution in [0.4, 0.5) is 4.79 Å². The summed E-state index contributed by atoms with van der Waals surface area (Å²) in [6, 6.07) is 7.15. The van der Waals surface area contributed by atoms with Crippen LogP contribution in [0.25, 0.3) is 17.0 Å². The molecule has 1 aromatic carbocycles. The molecule has 6 nitrogen and oxygen atoms in total. The van der Waals surface area contributed by atoms with Gasteiger partial charge in [-0.15, -0.1) is 0 Å². The molecule has 0 spiro atoms. The van der Waals surface area contributed by atoms with E-state index in [0.29, 0.717) is 6.42 Å². The minimum absolute atomic E-state index is 0.00595. The van der Waals surface area contributed by atoms with Crippen molar-refractivity contribution >= 4 is 34.8 Å². The lowest BCUT2D eigenvalue weighted by atomic mass is 9.97. The Morgan fingerprint density at radius 1 is 1.14 bits per heavy atom. The van der Waals surface area contributed by atoms with E-state index in [1.165, 1.54) is 12.0 Å². The number of allylic oxidation sites excluding steroid dienone is 1. The molecular weight excluding hydrogens is 354 g/mol. The number of urea groups is 1. The molecule has 1 N–H and O–H groups in total. The first-order valence-electron chi connectivity index (χ1n) is 9.65. The molecule has 0 bridgehead atoms. The van der Waals surface area contributed by atoms with Gasteiger partial charge in [0, 0.05) is 36.3 Å². The number of amides is 4. The highest BCUT2D eigenvalue weighted by molar-refractivity contribution is 6.31. The lowest BCUT2D eigenvalue weighted by molar-refractivity contribution is -0.130. The first-order chi connectivity index (χ1) is 13.5. The van der Waals surface area contributed by atoms with Gasteiger partial charge in [-0.25, -0.2) is 4.79 Å². The van der Waals surface area contributed by atoms with Gasteiger partial charge in [0.25, 0.3) is 11.8 Å². The number of fused-ring (bicyclic) bond motifs is 1. The van der Waals surface area contributed by atoms with Crippen molar-refractivity contribution in [3.63, 3.8) is 0 Å². The molecule has 1 aliphatic heterocycles. The van der Waals surface area contributed by atoms with E-state index < -0.39 is 17.8 Å². The van der Waals surface area contributed by atoms with Gasteiger partial charge in [0.15, 0.2) is 0 Å². The number of hydrogen-bond donors (Lipinski definition) is 1. The Kier molecular flexibility index (Phi) is 4.86. The maximum atomic E-state index is 12.9. The predicted molar refractivity (Wildman–Crippen MR) is 107 cm³/mol. The zero-order valence-electron chi connectivity index (χ0n) is 15.9. The minimum Gasteiger partial charge on any atom is -0.350 e. The monoisotopic (exact) mass is 377 g/mol. The molecule has 0 radical (unpaired) electrons. The second kappa shape index (κ2) is 7.46. The first-order valence-corrected chi connectivity index (χ1v) is 9.65. The van der Waals surface area contributed by atoms with E-state index >= 15 is 0 Å². The molecule has 1 fully saturated rings. The number of carbonyl (C=O) groups is 3. The van der Waals surface area contributed by atoms with Gasteiger partial charge in [-0.3, -0.25) is 19.8 Å². The maximum Gasteiger partial charge on any atom is 0.331 e. The third-order valence-corrected chi connectivity index (χ3v) is 5.45. The first kappa shape index (κ1) is 18.2. The Balaban J connectivity index is 1.61. The number of carbonyl (C=O) groups excluding carboxylic acids is 3. The Labute approximate surface area is 163 Å². The number of nitrogens with zero attached hydrogens (tertiary/aromatic N) is 2. The molecule has 28 heavy (non-hydrogen) atoms. The predicted octanol–water partition coefficient (Wildman–Crippen LogP) is 3.53. The number of imide groups is 2. The van der Waals surface area contributed by atoms with Gasteiger partial charge in [0.1, 0.15) is 5.57 Å². The van der Waals surface area contributed by atoms with Crippen molar-refractivity contribution in [3.8, 4) is 0 Å². The van der Waals surface area contributed by atoms with E-state index in [-0.39, 0.29) is 12.1 Å². The lowest BCUT2D eigenvalue weighted by Gasteiger charge is -2.27. The third-order valence-electron chi connectivity index (χ3n) is 5.45. The second-order valence-corrected chi connectivity index (χ2v) is 7.34. The van der Waals surface area contributed by atoms with Crippen LogP contribution >= 0.6 is 0 Å². The van der Waals surface area contributed by atoms with Crippen molar-refractivity contribution < 1.29 is 14.4 Å². The molecule has 2 aromatic rings. The van der Waals surface area contributed by atoms with Crippen LogP contribution in [0.15, 0.2) is 47.7 Å². The highest BCUT2D eigenvalue weighted by atomic mass is 16.2. The SMILES string of the molecule is Cn1cc(C=C2C(=O)NC(=O)N(CCC3=CCCCC3)C2=O)c2ccccc21. The van der Waals surface area contributed by atoms with Crippen LogP contribution in [0.5, 0.6) is 0 Å². The lowest BCUT2D eigenvalue weighted by Crippen LogP contribution is -2.54. The highest BCUT2D eigenvalue weighted by Gasteiger charge is 2.35. The van der Waals surface area contributed by atoms with Crippen LogP contribution in [0.1, 0.15) is 37.7 Å². The summed E-state index contributed by atoms with van der Waals surface area (Å²) in [4.78, 5) is 38.6. The van der Waals surface area contributed by atoms with Gasteiger partial charge in [-0.05, 0) is 44.2 Å². The van der Waals surface area contributed by atoms with Crippen LogP contribution in [0.2, 0.25) is 0 Å². The average molecular weight is 377 g/mol. The Hall–Kier alpha value is -3.15. The third kappa shape index (κ3) is 3.38. The second-order valence-electron chi connectivity index (χ2n) is 7.34. The molecule has 1 aromatic heterocycles. The molecule has 144 valence electrons. The van der Waals surface area contributed by atoms with Crippen molar-refractivity contribution in [2.45, 2.75) is 32.1 Å². The number of para-hydroxylation sites is 1. The number of aromatic nitrogens is 1. The number of aryl methyl sites for hydroxylation is 1. The normalized spacial score (nSPS) is 19.3. The smallest absolute Gasteiger partial charge is 0.331 e. The molecule has 4 amide bonds. The summed E-state index contributed by atoms with van der Waals surface area (Å²) in [6.07, 6.45) is 10.7. The molecular formula is C22H23N3O3. The van der Waals surface area contributed by atoms with Crippen molar-refractivity contribution in [3.05, 3.63) is 53.2 Å². The Bertz CT molecular complexity index is 1030. The van der Waals surface area contributed by atoms with E-state index in [0.717, 1.165) is 40.6 Å². The summed E-state index contributed by atoms with van der Waals surface area (Å²) in [7, 11) is 1.92. The largest absolute Gasteiger partial charge is 0.350 e. The minimum atomic E-state index is -0.643. The van der Waals surface area contributed by atoms with Gasteiger partial charge in [0.2, 0.25) is 0 Å². The van der Waals surface area contributed by atoms with Crippen molar-refractivity contribution in [2.24, 2.45) is 7.05 Å². The van der Waals surface area contributed by atoms with Crippen molar-refractivity contribution in [1.29, 1.82) is 0 Å². The number of rotatable bonds is 4. The summed E-state index contributed by atoms with van der Waals surface area (Å²) in [5.41, 5.74) is 3.06. The van der Waals surface area contributed by atoms with Crippen molar-refractivity contribution in [2.75, 3.05) is 6.54 Å². The fraction of sp³-hybridized carbons (Fsp3) is 0.318. The topological polar surface area (TPSA) is 71.4 Å². The van der Waals surface area contributed by atoms with Crippen LogP contribution in [-0.4, -0.2) is 33.9 Å². The average Bonchev–Trinajstić information content (AvgIpc) is 3.02. The van der Waals surface area contributed by atoms with Gasteiger partial charge < -0.3 is 4.57 Å². The molecule has 0 atom stereocenters. The van der Waals surface area contributed by atoms with Crippen LogP contribution in [0, 0.1) is 0 Å². The number of hydrogen-bond acceptors (Lipinski definition) is 3. The number of nitrogens with one attached hydrogen (secondary N) is 1. The standard InChI is InChI=1S/C22H23N3O3/c1-24-14-16(17-9-5-6-10-19(17)24)13-18-20(26)23-22(28)25(21(18)27)12-11-15-7-3-2-4-8-15/h5-7,9-10,13-14H,2-4,8,11-12H2,1H3,(H,23,26,28). The van der Waals surface area contributed by atoms with E-state index in [2.05, 4.69) is 11.4 Å². The fourth-order valence-corrected chi connectivity index (χ4v) is 3.93. The van der Waals surface area contributed by atoms with Gasteiger partial charge >= 0.3 is 6.03 Å². The summed E-state index contributed by atoms with van der Waals surface area (Å²) >= 11 is 0. The summed E-state index contributed by atoms with van der Waals surface area (Å²) < 4.78 is 1.95. The highest BCUT2D eigenvalue weighted by Crippen LogP contribution is 2.25. The van der Waals surface area contributed by atoms with Crippen LogP contribution in [-0.2, 0) is 16.6 Å². The van der Waals surface area contributed by atoms with Gasteiger partial charge in [-0.1, -0.05) is 29.8 Å². The van der Waals surface area contributed by atoms with E-state index in [4.69, 9.17) is 0 Å². The van der Waals surface area contributed by atoms with E-state index in [9.17, 15) is 14.4 Å². The molecule has 1 aliphatic carbocycles. The maximum absolute atomic E-state index is 12.9. The number of barbiturate groups is 1. The van der Waals surface area contributed by atoms with Gasteiger partial charge in [-0.2, -0.15) is 0 Å². The summed E-state index contributed by atoms with van der Waals surface area (Å²) in [5, 5.41) is 3.26. The summed E-state index contributed by atoms with van der Waals surface area (Å²) in [5.74, 6) is -1.17. The molecule has 0 saturated carbocycles. The molecule has 1 saturated heterocycles. The summed E-state index contributed by atoms with van der Waals surface area (Å²) in [6.45, 7) is 0.288. The zero-order chi connectivity index (χ0) is 19.7. The molecule has 4 rings (SSSR count). The van der Waals surface area contributed by atoms with Crippen LogP contribution in [0.3, 0.4) is 0 Å². The van der Waals surface area contributed by atoms with Gasteiger partial charge in [0.05, 0.1) is 0 Å². The number of benzene rings is 1. The quantitative estimate of drug-likeness (QED) is 0.503. The van der Waals surface area contributed by atoms with E-state index in [1.807, 2.05) is 42.1 Å². The molecule has 6 heteroatoms. The molecule has 0 unspecified atom stereocenters. The molecule has 2 aliphatic rings.